The molecule has 0 aliphatic carbocycles. The minimum Gasteiger partial charge on any atom is -0.452 e. The zero-order valence-electron chi connectivity index (χ0n) is 15.2. The van der Waals surface area contributed by atoms with E-state index < -0.39 is 23.1 Å². The Labute approximate surface area is 140 Å². The maximum absolute atomic E-state index is 12.0. The van der Waals surface area contributed by atoms with E-state index in [0.29, 0.717) is 25.7 Å². The summed E-state index contributed by atoms with van der Waals surface area (Å²) in [5.41, 5.74) is -1.69. The van der Waals surface area contributed by atoms with E-state index in [1.54, 1.807) is 0 Å². The highest BCUT2D eigenvalue weighted by molar-refractivity contribution is 5.83. The van der Waals surface area contributed by atoms with Crippen LogP contribution in [-0.2, 0) is 19.1 Å². The van der Waals surface area contributed by atoms with Crippen LogP contribution in [-0.4, -0.2) is 23.1 Å². The van der Waals surface area contributed by atoms with Crippen molar-refractivity contribution in [3.05, 3.63) is 25.3 Å². The fourth-order valence-electron chi connectivity index (χ4n) is 3.40. The molecular weight excluding hydrogens is 292 g/mol. The fourth-order valence-corrected chi connectivity index (χ4v) is 3.40. The maximum Gasteiger partial charge on any atom is 0.330 e. The van der Waals surface area contributed by atoms with Crippen molar-refractivity contribution in [2.45, 2.75) is 83.8 Å². The lowest BCUT2D eigenvalue weighted by Crippen LogP contribution is -2.58. The van der Waals surface area contributed by atoms with Crippen LogP contribution < -0.4 is 0 Å². The van der Waals surface area contributed by atoms with Crippen LogP contribution in [0.15, 0.2) is 25.3 Å². The van der Waals surface area contributed by atoms with Crippen LogP contribution in [0.4, 0.5) is 0 Å². The Kier molecular flexibility index (Phi) is 9.54. The van der Waals surface area contributed by atoms with Crippen molar-refractivity contribution >= 4 is 11.9 Å². The predicted octanol–water partition coefficient (Wildman–Crippen LogP) is 4.73. The molecule has 0 fully saturated rings. The Morgan fingerprint density at radius 3 is 1.43 bits per heavy atom. The van der Waals surface area contributed by atoms with Gasteiger partial charge in [-0.1, -0.05) is 60.1 Å². The van der Waals surface area contributed by atoms with Gasteiger partial charge in [0.2, 0.25) is 0 Å². The Morgan fingerprint density at radius 1 is 0.783 bits per heavy atom. The molecule has 0 aliphatic rings. The first kappa shape index (κ1) is 21.4. The van der Waals surface area contributed by atoms with E-state index in [1.165, 1.54) is 6.08 Å². The smallest absolute Gasteiger partial charge is 0.330 e. The molecule has 0 aromatic carbocycles. The lowest BCUT2D eigenvalue weighted by atomic mass is 9.72. The van der Waals surface area contributed by atoms with E-state index in [0.717, 1.165) is 25.3 Å². The lowest BCUT2D eigenvalue weighted by molar-refractivity contribution is -0.217. The van der Waals surface area contributed by atoms with Crippen LogP contribution >= 0.6 is 0 Å². The molecular formula is C19H32O4. The Morgan fingerprint density at radius 2 is 1.13 bits per heavy atom. The van der Waals surface area contributed by atoms with Crippen molar-refractivity contribution in [3.8, 4) is 0 Å². The molecule has 0 saturated carbocycles. The van der Waals surface area contributed by atoms with Crippen molar-refractivity contribution in [2.24, 2.45) is 0 Å². The van der Waals surface area contributed by atoms with Crippen molar-refractivity contribution in [3.63, 3.8) is 0 Å². The lowest BCUT2D eigenvalue weighted by Gasteiger charge is -2.48. The van der Waals surface area contributed by atoms with Gasteiger partial charge in [-0.2, -0.15) is 0 Å². The standard InChI is InChI=1S/C19H32O4/c1-7-13-18(12-6,22-16(20)10-4)19(14-8-2,15-9-3)23-17(21)11-5/h10-11H,4-5,7-9,12-15H2,1-3,6H3. The fraction of sp³-hybridized carbons (Fsp3) is 0.684. The molecule has 0 heterocycles. The second kappa shape index (κ2) is 10.2. The topological polar surface area (TPSA) is 52.6 Å². The third-order valence-electron chi connectivity index (χ3n) is 4.29. The summed E-state index contributed by atoms with van der Waals surface area (Å²) in [6.07, 6.45) is 7.28. The number of ether oxygens (including phenoxy) is 2. The highest BCUT2D eigenvalue weighted by Gasteiger charge is 2.54. The number of rotatable bonds is 12. The van der Waals surface area contributed by atoms with Crippen LogP contribution in [0.5, 0.6) is 0 Å². The molecule has 0 amide bonds. The summed E-state index contributed by atoms with van der Waals surface area (Å²) in [5.74, 6) is -0.956. The maximum atomic E-state index is 12.0. The van der Waals surface area contributed by atoms with Crippen LogP contribution in [0.25, 0.3) is 0 Å². The van der Waals surface area contributed by atoms with E-state index in [9.17, 15) is 9.59 Å². The van der Waals surface area contributed by atoms with E-state index in [-0.39, 0.29) is 0 Å². The molecule has 0 spiro atoms. The van der Waals surface area contributed by atoms with Gasteiger partial charge in [-0.05, 0) is 25.7 Å². The number of carbonyl (C=O) groups excluding carboxylic acids is 2. The van der Waals surface area contributed by atoms with Gasteiger partial charge >= 0.3 is 11.9 Å². The summed E-state index contributed by atoms with van der Waals surface area (Å²) in [7, 11) is 0. The average molecular weight is 324 g/mol. The third-order valence-corrected chi connectivity index (χ3v) is 4.29. The van der Waals surface area contributed by atoms with Crippen molar-refractivity contribution < 1.29 is 19.1 Å². The highest BCUT2D eigenvalue weighted by atomic mass is 16.6. The largest absolute Gasteiger partial charge is 0.452 e. The van der Waals surface area contributed by atoms with E-state index in [2.05, 4.69) is 13.2 Å². The first-order chi connectivity index (χ1) is 10.9. The summed E-state index contributed by atoms with van der Waals surface area (Å²) in [6.45, 7) is 15.1. The summed E-state index contributed by atoms with van der Waals surface area (Å²) in [6, 6.07) is 0. The van der Waals surface area contributed by atoms with E-state index in [4.69, 9.17) is 9.47 Å². The van der Waals surface area contributed by atoms with Crippen LogP contribution in [0.1, 0.15) is 72.6 Å². The molecule has 0 saturated heterocycles. The summed E-state index contributed by atoms with van der Waals surface area (Å²) in [5, 5.41) is 0. The molecule has 0 aliphatic heterocycles. The minimum atomic E-state index is -0.849. The van der Waals surface area contributed by atoms with Gasteiger partial charge in [-0.25, -0.2) is 9.59 Å². The van der Waals surface area contributed by atoms with E-state index in [1.807, 2.05) is 27.7 Å². The van der Waals surface area contributed by atoms with E-state index >= 15 is 0 Å². The highest BCUT2D eigenvalue weighted by Crippen LogP contribution is 2.44. The third kappa shape index (κ3) is 5.22. The first-order valence-corrected chi connectivity index (χ1v) is 8.61. The Bertz CT molecular complexity index is 408. The molecule has 1 unspecified atom stereocenters. The van der Waals surface area contributed by atoms with Crippen LogP contribution in [0.3, 0.4) is 0 Å². The van der Waals surface area contributed by atoms with Gasteiger partial charge in [0.05, 0.1) is 0 Å². The molecule has 132 valence electrons. The predicted molar refractivity (Wildman–Crippen MR) is 93.1 cm³/mol. The summed E-state index contributed by atoms with van der Waals surface area (Å²) in [4.78, 5) is 24.0. The minimum absolute atomic E-state index is 0.476. The van der Waals surface area contributed by atoms with Gasteiger partial charge in [-0.3, -0.25) is 0 Å². The van der Waals surface area contributed by atoms with Crippen molar-refractivity contribution in [1.29, 1.82) is 0 Å². The molecule has 0 aromatic heterocycles. The van der Waals surface area contributed by atoms with Gasteiger partial charge in [0.15, 0.2) is 11.2 Å². The molecule has 4 nitrogen and oxygen atoms in total. The summed E-state index contributed by atoms with van der Waals surface area (Å²) >= 11 is 0. The number of hydrogen-bond donors (Lipinski definition) is 0. The molecule has 4 heteroatoms. The Balaban J connectivity index is 6.10. The summed E-state index contributed by atoms with van der Waals surface area (Å²) < 4.78 is 11.7. The molecule has 0 rings (SSSR count). The molecule has 23 heavy (non-hydrogen) atoms. The first-order valence-electron chi connectivity index (χ1n) is 8.61. The van der Waals surface area contributed by atoms with Crippen molar-refractivity contribution in [1.82, 2.24) is 0 Å². The van der Waals surface area contributed by atoms with Crippen LogP contribution in [0.2, 0.25) is 0 Å². The molecule has 0 N–H and O–H groups in total. The number of hydrogen-bond acceptors (Lipinski definition) is 4. The Hall–Kier alpha value is -1.58. The molecule has 0 aromatic rings. The SMILES string of the molecule is C=CC(=O)OC(CC)(CCC)C(CCC)(CCC)OC(=O)C=C. The van der Waals surface area contributed by atoms with Gasteiger partial charge in [-0.15, -0.1) is 0 Å². The van der Waals surface area contributed by atoms with Gasteiger partial charge in [0.1, 0.15) is 0 Å². The number of esters is 2. The van der Waals surface area contributed by atoms with Gasteiger partial charge < -0.3 is 9.47 Å². The average Bonchev–Trinajstić information content (AvgIpc) is 2.54. The normalized spacial score (nSPS) is 13.7. The van der Waals surface area contributed by atoms with Gasteiger partial charge in [0, 0.05) is 12.2 Å². The van der Waals surface area contributed by atoms with Crippen molar-refractivity contribution in [2.75, 3.05) is 0 Å². The zero-order chi connectivity index (χ0) is 17.9. The zero-order valence-corrected chi connectivity index (χ0v) is 15.2. The molecule has 1 atom stereocenters. The quantitative estimate of drug-likeness (QED) is 0.384. The molecule has 0 radical (unpaired) electrons. The second-order valence-electron chi connectivity index (χ2n) is 5.84. The van der Waals surface area contributed by atoms with Crippen LogP contribution in [0, 0.1) is 0 Å². The van der Waals surface area contributed by atoms with Gasteiger partial charge in [0.25, 0.3) is 0 Å². The number of carbonyl (C=O) groups is 2. The second-order valence-corrected chi connectivity index (χ2v) is 5.84. The molecule has 0 bridgehead atoms. The monoisotopic (exact) mass is 324 g/mol.